The standard InChI is InChI=1S/C27H21ClFN3O3.C15H20N2O.C2H4O/c1-30-18-11-9-16(10-12-18)27(34)32-14-13-17-15-23(35-25(17)19-5-2-3-8-22(19)32)26(33)31-24-20(28)6-4-7-21(24)29;1-2-12-4-5-14(16-13(12)3-1)17-10-15(11-17)6-8-18-9-7-15;1-2-3/h2-12,15,30H,13-14H2,1H3,(H,31,33);4-5H,1-3,6-11H2;2H,1H3. The van der Waals surface area contributed by atoms with Crippen LogP contribution in [0.1, 0.15) is 63.9 Å². The summed E-state index contributed by atoms with van der Waals surface area (Å²) in [5.41, 5.74) is 6.91. The molecule has 0 atom stereocenters. The second-order valence-corrected chi connectivity index (χ2v) is 14.8. The molecule has 2 fully saturated rings. The first-order valence-corrected chi connectivity index (χ1v) is 19.4. The predicted molar refractivity (Wildman–Crippen MR) is 218 cm³/mol. The molecule has 2 aromatic heterocycles. The van der Waals surface area contributed by atoms with E-state index in [1.54, 1.807) is 23.1 Å². The molecule has 0 saturated carbocycles. The Bertz CT molecular complexity index is 2190. The van der Waals surface area contributed by atoms with E-state index in [1.807, 2.05) is 43.4 Å². The molecule has 9 rings (SSSR count). The van der Waals surface area contributed by atoms with E-state index < -0.39 is 11.7 Å². The van der Waals surface area contributed by atoms with Gasteiger partial charge in [-0.05, 0) is 112 Å². The number of aldehydes is 1. The maximum absolute atomic E-state index is 14.1. The zero-order valence-corrected chi connectivity index (χ0v) is 32.3. The largest absolute Gasteiger partial charge is 0.451 e. The molecular formula is C44H45ClFN5O5. The minimum atomic E-state index is -0.638. The Morgan fingerprint density at radius 2 is 1.68 bits per heavy atom. The van der Waals surface area contributed by atoms with Crippen molar-refractivity contribution < 1.29 is 27.9 Å². The van der Waals surface area contributed by atoms with Crippen LogP contribution in [0.5, 0.6) is 0 Å². The Hall–Kier alpha value is -5.52. The smallest absolute Gasteiger partial charge is 0.291 e. The van der Waals surface area contributed by atoms with Crippen LogP contribution in [0.3, 0.4) is 0 Å². The van der Waals surface area contributed by atoms with Gasteiger partial charge in [-0.2, -0.15) is 0 Å². The van der Waals surface area contributed by atoms with Crippen LogP contribution in [-0.4, -0.2) is 63.0 Å². The molecule has 2 saturated heterocycles. The summed E-state index contributed by atoms with van der Waals surface area (Å²) in [6, 6.07) is 25.0. The number of ether oxygens (including phenoxy) is 1. The second kappa shape index (κ2) is 17.1. The lowest BCUT2D eigenvalue weighted by Crippen LogP contribution is -2.58. The fourth-order valence-electron chi connectivity index (χ4n) is 7.78. The summed E-state index contributed by atoms with van der Waals surface area (Å²) in [5.74, 6) is 0.365. The van der Waals surface area contributed by atoms with Crippen LogP contribution < -0.4 is 20.4 Å². The van der Waals surface area contributed by atoms with Crippen LogP contribution in [-0.2, 0) is 28.8 Å². The Morgan fingerprint density at radius 3 is 2.41 bits per heavy atom. The monoisotopic (exact) mass is 777 g/mol. The van der Waals surface area contributed by atoms with Crippen molar-refractivity contribution in [2.75, 3.05) is 60.3 Å². The number of nitrogens with zero attached hydrogens (tertiary/aromatic N) is 3. The number of furan rings is 1. The van der Waals surface area contributed by atoms with E-state index in [-0.39, 0.29) is 22.4 Å². The van der Waals surface area contributed by atoms with E-state index >= 15 is 0 Å². The van der Waals surface area contributed by atoms with Gasteiger partial charge in [0.25, 0.3) is 11.8 Å². The molecule has 3 aromatic carbocycles. The van der Waals surface area contributed by atoms with Gasteiger partial charge < -0.3 is 34.4 Å². The summed E-state index contributed by atoms with van der Waals surface area (Å²) in [6.45, 7) is 6.11. The molecule has 56 heavy (non-hydrogen) atoms. The number of fused-ring (bicyclic) bond motifs is 4. The summed E-state index contributed by atoms with van der Waals surface area (Å²) >= 11 is 6.04. The minimum Gasteiger partial charge on any atom is -0.451 e. The third kappa shape index (κ3) is 8.20. The fourth-order valence-corrected chi connectivity index (χ4v) is 7.99. The Labute approximate surface area is 331 Å². The Balaban J connectivity index is 0.000000190. The highest BCUT2D eigenvalue weighted by Crippen LogP contribution is 2.42. The third-order valence-corrected chi connectivity index (χ3v) is 11.1. The van der Waals surface area contributed by atoms with Crippen molar-refractivity contribution in [1.82, 2.24) is 4.98 Å². The van der Waals surface area contributed by atoms with Crippen LogP contribution >= 0.6 is 11.6 Å². The van der Waals surface area contributed by atoms with Gasteiger partial charge in [-0.1, -0.05) is 35.9 Å². The number of carbonyl (C=O) groups excluding carboxylic acids is 3. The molecule has 0 bridgehead atoms. The molecule has 10 nitrogen and oxygen atoms in total. The SMILES string of the molecule is CC=O.CNc1ccc(C(=O)N2CCc3cc(C(=O)Nc4c(F)cccc4Cl)oc3-c3ccccc32)cc1.c1cc2c(nc1N1CC3(CCOCC3)C1)CCC2. The molecule has 0 unspecified atom stereocenters. The van der Waals surface area contributed by atoms with Crippen molar-refractivity contribution in [2.45, 2.75) is 45.4 Å². The topological polar surface area (TPSA) is 117 Å². The van der Waals surface area contributed by atoms with Crippen molar-refractivity contribution in [3.8, 4) is 11.3 Å². The summed E-state index contributed by atoms with van der Waals surface area (Å²) in [5, 5.41) is 5.63. The zero-order valence-electron chi connectivity index (χ0n) is 31.6. The number of carbonyl (C=O) groups is 3. The maximum Gasteiger partial charge on any atom is 0.291 e. The van der Waals surface area contributed by atoms with E-state index in [1.165, 1.54) is 87.4 Å². The number of aromatic nitrogens is 1. The number of pyridine rings is 1. The first-order chi connectivity index (χ1) is 27.2. The van der Waals surface area contributed by atoms with Crippen LogP contribution in [0.4, 0.5) is 27.3 Å². The fraction of sp³-hybridized carbons (Fsp3) is 0.318. The van der Waals surface area contributed by atoms with Crippen molar-refractivity contribution >= 4 is 52.6 Å². The third-order valence-electron chi connectivity index (χ3n) is 10.8. The number of hydrogen-bond donors (Lipinski definition) is 2. The molecule has 0 radical (unpaired) electrons. The number of halogens is 2. The van der Waals surface area contributed by atoms with Gasteiger partial charge >= 0.3 is 0 Å². The van der Waals surface area contributed by atoms with Gasteiger partial charge in [-0.3, -0.25) is 9.59 Å². The van der Waals surface area contributed by atoms with Gasteiger partial charge in [0.15, 0.2) is 5.76 Å². The zero-order chi connectivity index (χ0) is 39.2. The molecule has 3 aliphatic heterocycles. The number of para-hydroxylation sites is 2. The van der Waals surface area contributed by atoms with Crippen molar-refractivity contribution in [1.29, 1.82) is 0 Å². The molecule has 12 heteroatoms. The number of aryl methyl sites for hydroxylation is 2. The van der Waals surface area contributed by atoms with Gasteiger partial charge in [-0.15, -0.1) is 0 Å². The van der Waals surface area contributed by atoms with Gasteiger partial charge in [0.1, 0.15) is 23.7 Å². The lowest BCUT2D eigenvalue weighted by atomic mass is 9.73. The molecule has 2 N–H and O–H groups in total. The predicted octanol–water partition coefficient (Wildman–Crippen LogP) is 8.63. The normalized spacial score (nSPS) is 16.0. The van der Waals surface area contributed by atoms with Crippen LogP contribution in [0.25, 0.3) is 11.3 Å². The average Bonchev–Trinajstić information content (AvgIpc) is 3.83. The molecule has 5 heterocycles. The number of nitrogens with one attached hydrogen (secondary N) is 2. The van der Waals surface area contributed by atoms with Gasteiger partial charge in [0.05, 0.1) is 16.4 Å². The second-order valence-electron chi connectivity index (χ2n) is 14.4. The highest BCUT2D eigenvalue weighted by atomic mass is 35.5. The van der Waals surface area contributed by atoms with E-state index in [0.717, 1.165) is 30.8 Å². The van der Waals surface area contributed by atoms with Crippen molar-refractivity contribution in [3.05, 3.63) is 124 Å². The highest BCUT2D eigenvalue weighted by molar-refractivity contribution is 6.34. The van der Waals surface area contributed by atoms with Crippen molar-refractivity contribution in [3.63, 3.8) is 0 Å². The number of benzene rings is 3. The van der Waals surface area contributed by atoms with Gasteiger partial charge in [0, 0.05) is 73.4 Å². The molecule has 1 aliphatic carbocycles. The van der Waals surface area contributed by atoms with Crippen LogP contribution in [0, 0.1) is 11.2 Å². The van der Waals surface area contributed by atoms with E-state index in [9.17, 15) is 14.0 Å². The molecule has 2 amide bonds. The van der Waals surface area contributed by atoms with Crippen LogP contribution in [0.2, 0.25) is 5.02 Å². The molecule has 1 spiro atoms. The first-order valence-electron chi connectivity index (χ1n) is 19.0. The van der Waals surface area contributed by atoms with Gasteiger partial charge in [-0.25, -0.2) is 9.37 Å². The summed E-state index contributed by atoms with van der Waals surface area (Å²) in [7, 11) is 1.82. The average molecular weight is 778 g/mol. The molecular weight excluding hydrogens is 733 g/mol. The van der Waals surface area contributed by atoms with E-state index in [2.05, 4.69) is 27.7 Å². The number of hydrogen-bond acceptors (Lipinski definition) is 8. The van der Waals surface area contributed by atoms with E-state index in [0.29, 0.717) is 41.0 Å². The summed E-state index contributed by atoms with van der Waals surface area (Å²) in [6.07, 6.45) is 7.37. The maximum atomic E-state index is 14.1. The Morgan fingerprint density at radius 1 is 0.929 bits per heavy atom. The lowest BCUT2D eigenvalue weighted by molar-refractivity contribution is -0.106. The van der Waals surface area contributed by atoms with E-state index in [4.69, 9.17) is 30.5 Å². The summed E-state index contributed by atoms with van der Waals surface area (Å²) < 4.78 is 25.6. The number of anilines is 4. The Kier molecular flexibility index (Phi) is 11.8. The first kappa shape index (κ1) is 38.7. The minimum absolute atomic E-state index is 0.0338. The number of rotatable bonds is 5. The molecule has 4 aliphatic rings. The molecule has 290 valence electrons. The lowest BCUT2D eigenvalue weighted by Gasteiger charge is -2.52. The highest BCUT2D eigenvalue weighted by Gasteiger charge is 2.44. The molecule has 5 aromatic rings. The van der Waals surface area contributed by atoms with Crippen LogP contribution in [0.15, 0.2) is 89.3 Å². The summed E-state index contributed by atoms with van der Waals surface area (Å²) in [4.78, 5) is 44.1. The quantitative estimate of drug-likeness (QED) is 0.171. The number of amides is 2. The van der Waals surface area contributed by atoms with Gasteiger partial charge in [0.2, 0.25) is 0 Å². The van der Waals surface area contributed by atoms with Crippen molar-refractivity contribution in [2.24, 2.45) is 5.41 Å².